The molecule has 0 spiro atoms. The number of hydrogen-bond donors (Lipinski definition) is 0. The van der Waals surface area contributed by atoms with Gasteiger partial charge in [-0.1, -0.05) is 0 Å². The number of carbonyl (C=O) groups excluding carboxylic acids is 1. The summed E-state index contributed by atoms with van der Waals surface area (Å²) in [6, 6.07) is 1.65. The third-order valence-electron chi connectivity index (χ3n) is 2.39. The maximum absolute atomic E-state index is 11.5. The lowest BCUT2D eigenvalue weighted by Crippen LogP contribution is -2.16. The second-order valence-corrected chi connectivity index (χ2v) is 6.94. The zero-order chi connectivity index (χ0) is 11.8. The molecule has 0 N–H and O–H groups in total. The number of thiophene rings is 1. The van der Waals surface area contributed by atoms with E-state index in [1.54, 1.807) is 13.0 Å². The van der Waals surface area contributed by atoms with Crippen molar-refractivity contribution in [1.29, 1.82) is 0 Å². The van der Waals surface area contributed by atoms with Gasteiger partial charge in [-0.25, -0.2) is 13.2 Å². The van der Waals surface area contributed by atoms with Crippen LogP contribution in [0.1, 0.15) is 27.0 Å². The van der Waals surface area contributed by atoms with Crippen molar-refractivity contribution in [3.05, 3.63) is 21.4 Å². The van der Waals surface area contributed by atoms with E-state index in [1.807, 2.05) is 0 Å². The number of rotatable bonds is 2. The molecule has 0 saturated heterocycles. The summed E-state index contributed by atoms with van der Waals surface area (Å²) in [5.41, 5.74) is 0.763. The van der Waals surface area contributed by atoms with Crippen LogP contribution in [-0.4, -0.2) is 26.7 Å². The molecule has 2 rings (SSSR count). The molecule has 0 atom stereocenters. The van der Waals surface area contributed by atoms with E-state index in [0.717, 1.165) is 10.4 Å². The van der Waals surface area contributed by atoms with Crippen molar-refractivity contribution in [3.63, 3.8) is 0 Å². The molecule has 0 bridgehead atoms. The van der Waals surface area contributed by atoms with Crippen LogP contribution in [0.2, 0.25) is 0 Å². The van der Waals surface area contributed by atoms with Crippen LogP contribution < -0.4 is 0 Å². The highest BCUT2D eigenvalue weighted by molar-refractivity contribution is 7.90. The number of sulfone groups is 1. The van der Waals surface area contributed by atoms with Crippen LogP contribution in [0.25, 0.3) is 0 Å². The standard InChI is InChI=1S/C10H12O4S2/c1-2-14-10(11)9-5-7-6-16(12,13)4-3-8(7)15-9/h5H,2-4,6H2,1H3. The van der Waals surface area contributed by atoms with E-state index < -0.39 is 9.84 Å². The zero-order valence-electron chi connectivity index (χ0n) is 8.86. The molecule has 0 aliphatic carbocycles. The highest BCUT2D eigenvalue weighted by atomic mass is 32.2. The summed E-state index contributed by atoms with van der Waals surface area (Å²) in [5.74, 6) is -0.125. The highest BCUT2D eigenvalue weighted by Crippen LogP contribution is 2.29. The second kappa shape index (κ2) is 4.18. The van der Waals surface area contributed by atoms with Gasteiger partial charge < -0.3 is 4.74 Å². The Labute approximate surface area is 98.2 Å². The van der Waals surface area contributed by atoms with Crippen LogP contribution >= 0.6 is 11.3 Å². The SMILES string of the molecule is CCOC(=O)c1cc2c(s1)CCS(=O)(=O)C2. The molecule has 4 nitrogen and oxygen atoms in total. The minimum atomic E-state index is -2.97. The second-order valence-electron chi connectivity index (χ2n) is 3.62. The van der Waals surface area contributed by atoms with E-state index in [2.05, 4.69) is 0 Å². The molecule has 2 heterocycles. The smallest absolute Gasteiger partial charge is 0.348 e. The predicted molar refractivity (Wildman–Crippen MR) is 61.5 cm³/mol. The van der Waals surface area contributed by atoms with Gasteiger partial charge in [-0.15, -0.1) is 11.3 Å². The fourth-order valence-electron chi connectivity index (χ4n) is 1.66. The van der Waals surface area contributed by atoms with Gasteiger partial charge in [-0.2, -0.15) is 0 Å². The van der Waals surface area contributed by atoms with Gasteiger partial charge in [0.15, 0.2) is 9.84 Å². The van der Waals surface area contributed by atoms with Crippen molar-refractivity contribution in [2.24, 2.45) is 0 Å². The molecular formula is C10H12O4S2. The molecule has 1 aromatic rings. The third-order valence-corrected chi connectivity index (χ3v) is 5.18. The Balaban J connectivity index is 2.28. The topological polar surface area (TPSA) is 60.4 Å². The monoisotopic (exact) mass is 260 g/mol. The number of ether oxygens (including phenoxy) is 1. The van der Waals surface area contributed by atoms with Gasteiger partial charge >= 0.3 is 5.97 Å². The number of fused-ring (bicyclic) bond motifs is 1. The van der Waals surface area contributed by atoms with E-state index in [-0.39, 0.29) is 17.5 Å². The molecule has 6 heteroatoms. The Hall–Kier alpha value is -0.880. The Morgan fingerprint density at radius 1 is 1.56 bits per heavy atom. The number of carbonyl (C=O) groups is 1. The molecule has 0 radical (unpaired) electrons. The lowest BCUT2D eigenvalue weighted by molar-refractivity contribution is 0.0532. The molecule has 1 aliphatic rings. The van der Waals surface area contributed by atoms with Crippen LogP contribution in [0.3, 0.4) is 0 Å². The first kappa shape index (κ1) is 11.6. The number of hydrogen-bond acceptors (Lipinski definition) is 5. The molecule has 16 heavy (non-hydrogen) atoms. The first-order chi connectivity index (χ1) is 7.52. The summed E-state index contributed by atoms with van der Waals surface area (Å²) >= 11 is 1.35. The maximum atomic E-state index is 11.5. The van der Waals surface area contributed by atoms with Gasteiger partial charge in [0.05, 0.1) is 18.1 Å². The molecule has 0 aromatic carbocycles. The summed E-state index contributed by atoms with van der Waals surface area (Å²) in [6.07, 6.45) is 0.516. The Kier molecular flexibility index (Phi) is 3.03. The van der Waals surface area contributed by atoms with Crippen LogP contribution in [0.4, 0.5) is 0 Å². The molecule has 0 fully saturated rings. The summed E-state index contributed by atoms with van der Waals surface area (Å²) in [4.78, 5) is 13.0. The maximum Gasteiger partial charge on any atom is 0.348 e. The average Bonchev–Trinajstić information content (AvgIpc) is 2.59. The summed E-state index contributed by atoms with van der Waals surface area (Å²) in [7, 11) is -2.97. The van der Waals surface area contributed by atoms with E-state index in [1.165, 1.54) is 11.3 Å². The van der Waals surface area contributed by atoms with Crippen molar-refractivity contribution in [2.45, 2.75) is 19.1 Å². The summed E-state index contributed by atoms with van der Waals surface area (Å²) in [5, 5.41) is 0. The van der Waals surface area contributed by atoms with Crippen LogP contribution in [0, 0.1) is 0 Å². The van der Waals surface area contributed by atoms with Gasteiger partial charge in [0.2, 0.25) is 0 Å². The van der Waals surface area contributed by atoms with Crippen molar-refractivity contribution in [1.82, 2.24) is 0 Å². The largest absolute Gasteiger partial charge is 0.462 e. The molecule has 1 aromatic heterocycles. The minimum absolute atomic E-state index is 0.0538. The molecule has 0 amide bonds. The van der Waals surface area contributed by atoms with Gasteiger partial charge in [-0.05, 0) is 25.0 Å². The van der Waals surface area contributed by atoms with E-state index in [9.17, 15) is 13.2 Å². The van der Waals surface area contributed by atoms with E-state index >= 15 is 0 Å². The van der Waals surface area contributed by atoms with Crippen molar-refractivity contribution in [2.75, 3.05) is 12.4 Å². The molecule has 88 valence electrons. The quantitative estimate of drug-likeness (QED) is 0.754. The molecular weight excluding hydrogens is 248 g/mol. The van der Waals surface area contributed by atoms with Crippen LogP contribution in [0.5, 0.6) is 0 Å². The summed E-state index contributed by atoms with van der Waals surface area (Å²) < 4.78 is 27.7. The van der Waals surface area contributed by atoms with Crippen LogP contribution in [0.15, 0.2) is 6.07 Å². The van der Waals surface area contributed by atoms with E-state index in [0.29, 0.717) is 17.9 Å². The van der Waals surface area contributed by atoms with Crippen molar-refractivity contribution < 1.29 is 17.9 Å². The Morgan fingerprint density at radius 3 is 3.00 bits per heavy atom. The van der Waals surface area contributed by atoms with Crippen molar-refractivity contribution >= 4 is 27.1 Å². The lowest BCUT2D eigenvalue weighted by atomic mass is 10.2. The fourth-order valence-corrected chi connectivity index (χ4v) is 4.35. The van der Waals surface area contributed by atoms with E-state index in [4.69, 9.17) is 4.74 Å². The van der Waals surface area contributed by atoms with Crippen molar-refractivity contribution in [3.8, 4) is 0 Å². The number of aryl methyl sites for hydroxylation is 1. The minimum Gasteiger partial charge on any atom is -0.462 e. The normalized spacial score (nSPS) is 17.8. The average molecular weight is 260 g/mol. The number of esters is 1. The van der Waals surface area contributed by atoms with Gasteiger partial charge in [0, 0.05) is 4.88 Å². The van der Waals surface area contributed by atoms with Gasteiger partial charge in [0.25, 0.3) is 0 Å². The molecule has 1 aliphatic heterocycles. The first-order valence-electron chi connectivity index (χ1n) is 5.01. The van der Waals surface area contributed by atoms with Crippen LogP contribution in [-0.2, 0) is 26.7 Å². The molecule has 0 saturated carbocycles. The fraction of sp³-hybridized carbons (Fsp3) is 0.500. The lowest BCUT2D eigenvalue weighted by Gasteiger charge is -2.10. The predicted octanol–water partition coefficient (Wildman–Crippen LogP) is 1.40. The van der Waals surface area contributed by atoms with Gasteiger partial charge in [-0.3, -0.25) is 0 Å². The van der Waals surface area contributed by atoms with Gasteiger partial charge in [0.1, 0.15) is 4.88 Å². The first-order valence-corrected chi connectivity index (χ1v) is 7.65. The zero-order valence-corrected chi connectivity index (χ0v) is 10.5. The Morgan fingerprint density at radius 2 is 2.31 bits per heavy atom. The highest BCUT2D eigenvalue weighted by Gasteiger charge is 2.25. The molecule has 0 unspecified atom stereocenters. The Bertz CT molecular complexity index is 513. The summed E-state index contributed by atoms with van der Waals surface area (Å²) in [6.45, 7) is 2.08. The third kappa shape index (κ3) is 2.27.